The molecule has 34 heavy (non-hydrogen) atoms. The van der Waals surface area contributed by atoms with Crippen molar-refractivity contribution in [1.29, 1.82) is 0 Å². The second kappa shape index (κ2) is 12.5. The van der Waals surface area contributed by atoms with E-state index in [2.05, 4.69) is 5.32 Å². The van der Waals surface area contributed by atoms with E-state index in [1.165, 1.54) is 29.2 Å². The van der Waals surface area contributed by atoms with Crippen LogP contribution in [0.1, 0.15) is 64.0 Å². The first-order valence-corrected chi connectivity index (χ1v) is 11.7. The highest BCUT2D eigenvalue weighted by molar-refractivity contribution is 5.76. The number of carbonyl (C=O) groups excluding carboxylic acids is 2. The highest BCUT2D eigenvalue weighted by Gasteiger charge is 2.21. The van der Waals surface area contributed by atoms with Gasteiger partial charge in [0.25, 0.3) is 0 Å². The lowest BCUT2D eigenvalue weighted by molar-refractivity contribution is -0.122. The molecule has 1 atom stereocenters. The van der Waals surface area contributed by atoms with E-state index in [1.54, 1.807) is 31.3 Å². The minimum absolute atomic E-state index is 0.0244. The second-order valence-electron chi connectivity index (χ2n) is 9.82. The number of amides is 2. The van der Waals surface area contributed by atoms with E-state index < -0.39 is 11.7 Å². The first kappa shape index (κ1) is 27.3. The first-order chi connectivity index (χ1) is 15.9. The van der Waals surface area contributed by atoms with Gasteiger partial charge in [0.1, 0.15) is 17.2 Å². The molecule has 0 aliphatic carbocycles. The van der Waals surface area contributed by atoms with Crippen molar-refractivity contribution in [3.63, 3.8) is 0 Å². The number of nitrogens with zero attached hydrogens (tertiary/aromatic N) is 1. The van der Waals surface area contributed by atoms with E-state index in [0.717, 1.165) is 11.1 Å². The van der Waals surface area contributed by atoms with Gasteiger partial charge in [-0.1, -0.05) is 31.2 Å². The van der Waals surface area contributed by atoms with Crippen molar-refractivity contribution >= 4 is 12.0 Å². The van der Waals surface area contributed by atoms with E-state index >= 15 is 0 Å². The van der Waals surface area contributed by atoms with Gasteiger partial charge in [0.2, 0.25) is 5.91 Å². The Hall–Kier alpha value is -2.96. The number of halogens is 2. The fourth-order valence-electron chi connectivity index (χ4n) is 3.79. The Bertz CT molecular complexity index is 879. The third-order valence-corrected chi connectivity index (χ3v) is 5.36. The predicted molar refractivity (Wildman–Crippen MR) is 130 cm³/mol. The number of hydrogen-bond donors (Lipinski definition) is 1. The lowest BCUT2D eigenvalue weighted by Gasteiger charge is -2.26. The maximum atomic E-state index is 13.4. The Morgan fingerprint density at radius 1 is 0.971 bits per heavy atom. The van der Waals surface area contributed by atoms with Crippen molar-refractivity contribution in [3.8, 4) is 0 Å². The molecule has 0 spiro atoms. The van der Waals surface area contributed by atoms with Crippen LogP contribution in [-0.2, 0) is 9.53 Å². The van der Waals surface area contributed by atoms with Crippen LogP contribution in [0.4, 0.5) is 13.6 Å². The number of hydrogen-bond acceptors (Lipinski definition) is 3. The van der Waals surface area contributed by atoms with E-state index in [4.69, 9.17) is 4.74 Å². The van der Waals surface area contributed by atoms with E-state index in [9.17, 15) is 18.4 Å². The van der Waals surface area contributed by atoms with Crippen LogP contribution in [0.15, 0.2) is 48.5 Å². The van der Waals surface area contributed by atoms with Gasteiger partial charge in [-0.3, -0.25) is 4.79 Å². The molecular formula is C27H36F2N2O3. The maximum Gasteiger partial charge on any atom is 0.410 e. The summed E-state index contributed by atoms with van der Waals surface area (Å²) < 4.78 is 32.1. The lowest BCUT2D eigenvalue weighted by atomic mass is 9.87. The summed E-state index contributed by atoms with van der Waals surface area (Å²) >= 11 is 0. The second-order valence-corrected chi connectivity index (χ2v) is 9.82. The molecule has 1 N–H and O–H groups in total. The number of benzene rings is 2. The third kappa shape index (κ3) is 9.49. The molecule has 7 heteroatoms. The topological polar surface area (TPSA) is 58.6 Å². The van der Waals surface area contributed by atoms with Crippen molar-refractivity contribution in [1.82, 2.24) is 10.2 Å². The van der Waals surface area contributed by atoms with Gasteiger partial charge in [-0.15, -0.1) is 0 Å². The molecule has 0 aromatic heterocycles. The zero-order chi connectivity index (χ0) is 25.3. The van der Waals surface area contributed by atoms with Gasteiger partial charge < -0.3 is 15.0 Å². The van der Waals surface area contributed by atoms with E-state index in [-0.39, 0.29) is 29.4 Å². The Morgan fingerprint density at radius 2 is 1.47 bits per heavy atom. The average Bonchev–Trinajstić information content (AvgIpc) is 2.74. The van der Waals surface area contributed by atoms with Crippen LogP contribution in [0.3, 0.4) is 0 Å². The number of carbonyl (C=O) groups is 2. The Balaban J connectivity index is 1.83. The summed E-state index contributed by atoms with van der Waals surface area (Å²) in [5.74, 6) is -0.742. The third-order valence-electron chi connectivity index (χ3n) is 5.36. The van der Waals surface area contributed by atoms with Gasteiger partial charge in [-0.2, -0.15) is 0 Å². The number of rotatable bonds is 10. The average molecular weight is 475 g/mol. The molecular weight excluding hydrogens is 438 g/mol. The van der Waals surface area contributed by atoms with Crippen LogP contribution in [0.5, 0.6) is 0 Å². The normalized spacial score (nSPS) is 12.4. The number of nitrogens with one attached hydrogen (secondary N) is 1. The smallest absolute Gasteiger partial charge is 0.410 e. The molecule has 2 amide bonds. The zero-order valence-electron chi connectivity index (χ0n) is 20.7. The van der Waals surface area contributed by atoms with Crippen LogP contribution >= 0.6 is 0 Å². The van der Waals surface area contributed by atoms with Gasteiger partial charge in [-0.25, -0.2) is 13.6 Å². The maximum absolute atomic E-state index is 13.4. The van der Waals surface area contributed by atoms with Gasteiger partial charge in [0.05, 0.1) is 0 Å². The van der Waals surface area contributed by atoms with Crippen molar-refractivity contribution in [3.05, 3.63) is 71.3 Å². The molecule has 2 aromatic rings. The lowest BCUT2D eigenvalue weighted by Crippen LogP contribution is -2.37. The molecule has 2 rings (SSSR count). The summed E-state index contributed by atoms with van der Waals surface area (Å²) in [5, 5.41) is 2.94. The monoisotopic (exact) mass is 474 g/mol. The van der Waals surface area contributed by atoms with Crippen LogP contribution < -0.4 is 5.32 Å². The molecule has 0 aliphatic rings. The number of ether oxygens (including phenoxy) is 1. The zero-order valence-corrected chi connectivity index (χ0v) is 20.7. The summed E-state index contributed by atoms with van der Waals surface area (Å²) in [4.78, 5) is 25.9. The SMILES string of the molecule is C[C@@H](CC(=O)NCCCC(c1ccc(F)cc1)c1ccc(F)cc1)CN(C)C(=O)OC(C)(C)C. The Morgan fingerprint density at radius 3 is 1.94 bits per heavy atom. The van der Waals surface area contributed by atoms with E-state index in [0.29, 0.717) is 32.4 Å². The molecule has 0 unspecified atom stereocenters. The molecule has 0 fully saturated rings. The summed E-state index contributed by atoms with van der Waals surface area (Å²) in [6.45, 7) is 8.26. The first-order valence-electron chi connectivity index (χ1n) is 11.7. The van der Waals surface area contributed by atoms with E-state index in [1.807, 2.05) is 27.7 Å². The van der Waals surface area contributed by atoms with Gasteiger partial charge in [0, 0.05) is 32.5 Å². The summed E-state index contributed by atoms with van der Waals surface area (Å²) in [6.07, 6.45) is 1.31. The van der Waals surface area contributed by atoms with Gasteiger partial charge >= 0.3 is 6.09 Å². The molecule has 0 heterocycles. The highest BCUT2D eigenvalue weighted by atomic mass is 19.1. The fourth-order valence-corrected chi connectivity index (χ4v) is 3.79. The molecule has 5 nitrogen and oxygen atoms in total. The molecule has 0 aliphatic heterocycles. The molecule has 2 aromatic carbocycles. The quantitative estimate of drug-likeness (QED) is 0.437. The molecule has 0 bridgehead atoms. The molecule has 186 valence electrons. The van der Waals surface area contributed by atoms with Crippen LogP contribution in [0, 0.1) is 17.6 Å². The highest BCUT2D eigenvalue weighted by Crippen LogP contribution is 2.29. The van der Waals surface area contributed by atoms with Crippen molar-refractivity contribution in [2.24, 2.45) is 5.92 Å². The standard InChI is InChI=1S/C27H36F2N2O3/c1-19(18-31(5)26(33)34-27(2,3)4)17-25(32)30-16-6-7-24(20-8-12-22(28)13-9-20)21-10-14-23(29)15-11-21/h8-15,19,24H,6-7,16-18H2,1-5H3,(H,30,32)/t19-/m0/s1. The van der Waals surface area contributed by atoms with Crippen LogP contribution in [-0.4, -0.2) is 42.6 Å². The Kier molecular flexibility index (Phi) is 10.0. The minimum Gasteiger partial charge on any atom is -0.444 e. The van der Waals surface area contributed by atoms with Crippen molar-refractivity contribution in [2.45, 2.75) is 58.5 Å². The molecule has 0 saturated heterocycles. The van der Waals surface area contributed by atoms with Crippen molar-refractivity contribution in [2.75, 3.05) is 20.1 Å². The fraction of sp³-hybridized carbons (Fsp3) is 0.481. The minimum atomic E-state index is -0.564. The van der Waals surface area contributed by atoms with Gasteiger partial charge in [-0.05, 0) is 74.9 Å². The molecule has 0 saturated carbocycles. The summed E-state index contributed by atoms with van der Waals surface area (Å²) in [5.41, 5.74) is 1.32. The summed E-state index contributed by atoms with van der Waals surface area (Å²) in [6, 6.07) is 12.6. The van der Waals surface area contributed by atoms with Crippen LogP contribution in [0.25, 0.3) is 0 Å². The van der Waals surface area contributed by atoms with Gasteiger partial charge in [0.15, 0.2) is 0 Å². The largest absolute Gasteiger partial charge is 0.444 e. The van der Waals surface area contributed by atoms with Crippen LogP contribution in [0.2, 0.25) is 0 Å². The molecule has 0 radical (unpaired) electrons. The van der Waals surface area contributed by atoms with Crippen molar-refractivity contribution < 1.29 is 23.1 Å². The Labute approximate surface area is 201 Å². The summed E-state index contributed by atoms with van der Waals surface area (Å²) in [7, 11) is 1.66. The predicted octanol–water partition coefficient (Wildman–Crippen LogP) is 5.89.